The molecule has 2 heterocycles. The first-order valence-corrected chi connectivity index (χ1v) is 8.74. The second-order valence-electron chi connectivity index (χ2n) is 6.94. The molecule has 0 amide bonds. The van der Waals surface area contributed by atoms with Crippen molar-refractivity contribution in [2.75, 3.05) is 26.7 Å². The Kier molecular flexibility index (Phi) is 5.31. The Hall–Kier alpha value is -0.870. The van der Waals surface area contributed by atoms with Crippen LogP contribution in [-0.4, -0.2) is 41.4 Å². The number of hydrogen-bond acceptors (Lipinski definition) is 3. The minimum absolute atomic E-state index is 0.665. The molecular formula is C17H30N4. The van der Waals surface area contributed by atoms with Gasteiger partial charge in [-0.05, 0) is 70.8 Å². The van der Waals surface area contributed by atoms with Gasteiger partial charge in [0.2, 0.25) is 0 Å². The highest BCUT2D eigenvalue weighted by Gasteiger charge is 2.18. The summed E-state index contributed by atoms with van der Waals surface area (Å²) in [6.45, 7) is 4.60. The average molecular weight is 290 g/mol. The Morgan fingerprint density at radius 1 is 1.19 bits per heavy atom. The van der Waals surface area contributed by atoms with E-state index in [1.165, 1.54) is 63.7 Å². The van der Waals surface area contributed by atoms with Crippen LogP contribution in [-0.2, 0) is 6.54 Å². The number of aromatic nitrogens is 2. The van der Waals surface area contributed by atoms with E-state index in [4.69, 9.17) is 5.10 Å². The van der Waals surface area contributed by atoms with Crippen molar-refractivity contribution >= 4 is 0 Å². The van der Waals surface area contributed by atoms with E-state index in [2.05, 4.69) is 34.2 Å². The molecule has 4 heteroatoms. The fourth-order valence-electron chi connectivity index (χ4n) is 3.72. The summed E-state index contributed by atoms with van der Waals surface area (Å²) >= 11 is 0. The summed E-state index contributed by atoms with van der Waals surface area (Å²) in [7, 11) is 2.23. The van der Waals surface area contributed by atoms with Crippen molar-refractivity contribution in [1.29, 1.82) is 0 Å². The molecule has 0 atom stereocenters. The van der Waals surface area contributed by atoms with Crippen molar-refractivity contribution in [3.8, 4) is 0 Å². The minimum atomic E-state index is 0.665. The summed E-state index contributed by atoms with van der Waals surface area (Å²) < 4.78 is 2.20. The third-order valence-electron chi connectivity index (χ3n) is 5.24. The maximum atomic E-state index is 4.73. The van der Waals surface area contributed by atoms with E-state index in [0.29, 0.717) is 6.04 Å². The highest BCUT2D eigenvalue weighted by molar-refractivity contribution is 4.99. The minimum Gasteiger partial charge on any atom is -0.311 e. The van der Waals surface area contributed by atoms with E-state index in [1.54, 1.807) is 0 Å². The zero-order valence-corrected chi connectivity index (χ0v) is 13.4. The van der Waals surface area contributed by atoms with Gasteiger partial charge in [0, 0.05) is 12.7 Å². The van der Waals surface area contributed by atoms with Gasteiger partial charge in [-0.2, -0.15) is 5.10 Å². The van der Waals surface area contributed by atoms with Gasteiger partial charge < -0.3 is 10.2 Å². The fraction of sp³-hybridized carbons (Fsp3) is 0.824. The molecule has 1 aliphatic carbocycles. The smallest absolute Gasteiger partial charge is 0.0762 e. The second-order valence-corrected chi connectivity index (χ2v) is 6.94. The van der Waals surface area contributed by atoms with Crippen molar-refractivity contribution < 1.29 is 0 Å². The first-order chi connectivity index (χ1) is 10.3. The van der Waals surface area contributed by atoms with Gasteiger partial charge in [-0.15, -0.1) is 0 Å². The molecular weight excluding hydrogens is 260 g/mol. The molecule has 4 nitrogen and oxygen atoms in total. The summed E-state index contributed by atoms with van der Waals surface area (Å²) in [6, 6.07) is 2.85. The van der Waals surface area contributed by atoms with Crippen molar-refractivity contribution in [3.05, 3.63) is 18.0 Å². The molecule has 0 aromatic carbocycles. The highest BCUT2D eigenvalue weighted by atomic mass is 15.3. The van der Waals surface area contributed by atoms with Gasteiger partial charge in [0.25, 0.3) is 0 Å². The second kappa shape index (κ2) is 7.41. The van der Waals surface area contributed by atoms with Crippen molar-refractivity contribution in [1.82, 2.24) is 20.0 Å². The van der Waals surface area contributed by atoms with Crippen molar-refractivity contribution in [3.63, 3.8) is 0 Å². The lowest BCUT2D eigenvalue weighted by molar-refractivity contribution is 0.211. The Balaban J connectivity index is 1.34. The molecule has 0 radical (unpaired) electrons. The third-order valence-corrected chi connectivity index (χ3v) is 5.24. The molecule has 1 aliphatic heterocycles. The molecule has 1 aromatic heterocycles. The SMILES string of the molecule is CN1CCC(CCNCc2ccn(C3CCCC3)n2)CC1. The molecule has 118 valence electrons. The van der Waals surface area contributed by atoms with Crippen molar-refractivity contribution in [2.24, 2.45) is 5.92 Å². The number of nitrogens with zero attached hydrogens (tertiary/aromatic N) is 3. The molecule has 0 bridgehead atoms. The molecule has 1 saturated heterocycles. The van der Waals surface area contributed by atoms with Crippen LogP contribution in [0.15, 0.2) is 12.3 Å². The molecule has 0 spiro atoms. The van der Waals surface area contributed by atoms with Gasteiger partial charge in [-0.25, -0.2) is 0 Å². The summed E-state index contributed by atoms with van der Waals surface area (Å²) in [6.07, 6.45) is 11.6. The van der Waals surface area contributed by atoms with Crippen LogP contribution in [0.2, 0.25) is 0 Å². The maximum absolute atomic E-state index is 4.73. The first kappa shape index (κ1) is 15.0. The predicted octanol–water partition coefficient (Wildman–Crippen LogP) is 2.82. The lowest BCUT2D eigenvalue weighted by atomic mass is 9.94. The monoisotopic (exact) mass is 290 g/mol. The van der Waals surface area contributed by atoms with Crippen LogP contribution < -0.4 is 5.32 Å². The van der Waals surface area contributed by atoms with Gasteiger partial charge >= 0.3 is 0 Å². The Bertz CT molecular complexity index is 414. The molecule has 1 saturated carbocycles. The van der Waals surface area contributed by atoms with Gasteiger partial charge in [0.15, 0.2) is 0 Å². The molecule has 1 aromatic rings. The van der Waals surface area contributed by atoms with Gasteiger partial charge in [-0.3, -0.25) is 4.68 Å². The number of rotatable bonds is 6. The topological polar surface area (TPSA) is 33.1 Å². The lowest BCUT2D eigenvalue weighted by Crippen LogP contribution is -2.31. The van der Waals surface area contributed by atoms with Crippen molar-refractivity contribution in [2.45, 2.75) is 57.5 Å². The number of piperidine rings is 1. The standard InChI is InChI=1S/C17H30N4/c1-20-11-7-15(8-12-20)6-10-18-14-16-9-13-21(19-16)17-4-2-3-5-17/h9,13,15,17-18H,2-8,10-12,14H2,1H3. The van der Waals surface area contributed by atoms with Crippen LogP contribution in [0, 0.1) is 5.92 Å². The van der Waals surface area contributed by atoms with E-state index in [1.807, 2.05) is 0 Å². The predicted molar refractivity (Wildman–Crippen MR) is 86.3 cm³/mol. The number of nitrogens with one attached hydrogen (secondary N) is 1. The molecule has 21 heavy (non-hydrogen) atoms. The van der Waals surface area contributed by atoms with Crippen LogP contribution in [0.4, 0.5) is 0 Å². The normalized spacial score (nSPS) is 22.1. The summed E-state index contributed by atoms with van der Waals surface area (Å²) in [4.78, 5) is 2.44. The molecule has 2 fully saturated rings. The van der Waals surface area contributed by atoms with E-state index >= 15 is 0 Å². The summed E-state index contributed by atoms with van der Waals surface area (Å²) in [5.41, 5.74) is 1.20. The van der Waals surface area contributed by atoms with E-state index in [-0.39, 0.29) is 0 Å². The van der Waals surface area contributed by atoms with Gasteiger partial charge in [0.1, 0.15) is 0 Å². The van der Waals surface area contributed by atoms with Crippen LogP contribution >= 0.6 is 0 Å². The molecule has 1 N–H and O–H groups in total. The van der Waals surface area contributed by atoms with Gasteiger partial charge in [0.05, 0.1) is 11.7 Å². The third kappa shape index (κ3) is 4.30. The average Bonchev–Trinajstić information content (AvgIpc) is 3.16. The summed E-state index contributed by atoms with van der Waals surface area (Å²) in [5.74, 6) is 0.921. The van der Waals surface area contributed by atoms with Gasteiger partial charge in [-0.1, -0.05) is 12.8 Å². The van der Waals surface area contributed by atoms with E-state index in [0.717, 1.165) is 19.0 Å². The quantitative estimate of drug-likeness (QED) is 0.818. The van der Waals surface area contributed by atoms with E-state index < -0.39 is 0 Å². The zero-order valence-electron chi connectivity index (χ0n) is 13.4. The first-order valence-electron chi connectivity index (χ1n) is 8.74. The Morgan fingerprint density at radius 2 is 1.95 bits per heavy atom. The molecule has 2 aliphatic rings. The fourth-order valence-corrected chi connectivity index (χ4v) is 3.72. The molecule has 3 rings (SSSR count). The van der Waals surface area contributed by atoms with Crippen LogP contribution in [0.25, 0.3) is 0 Å². The van der Waals surface area contributed by atoms with E-state index in [9.17, 15) is 0 Å². The Labute approximate surface area is 128 Å². The zero-order chi connectivity index (χ0) is 14.5. The molecule has 0 unspecified atom stereocenters. The maximum Gasteiger partial charge on any atom is 0.0762 e. The summed E-state index contributed by atoms with van der Waals surface area (Å²) in [5, 5.41) is 8.31. The highest BCUT2D eigenvalue weighted by Crippen LogP contribution is 2.28. The van der Waals surface area contributed by atoms with Crippen LogP contribution in [0.1, 0.15) is 56.7 Å². The largest absolute Gasteiger partial charge is 0.311 e. The number of hydrogen-bond donors (Lipinski definition) is 1. The Morgan fingerprint density at radius 3 is 2.71 bits per heavy atom. The lowest BCUT2D eigenvalue weighted by Gasteiger charge is -2.28. The van der Waals surface area contributed by atoms with Crippen LogP contribution in [0.3, 0.4) is 0 Å². The number of likely N-dealkylation sites (tertiary alicyclic amines) is 1. The van der Waals surface area contributed by atoms with Crippen LogP contribution in [0.5, 0.6) is 0 Å².